The van der Waals surface area contributed by atoms with E-state index in [4.69, 9.17) is 4.52 Å². The molecule has 0 spiro atoms. The summed E-state index contributed by atoms with van der Waals surface area (Å²) in [6.45, 7) is 5.79. The molecule has 1 aromatic heterocycles. The van der Waals surface area contributed by atoms with Gasteiger partial charge in [0.15, 0.2) is 23.0 Å². The minimum Gasteiger partial charge on any atom is -0.354 e. The summed E-state index contributed by atoms with van der Waals surface area (Å²) < 4.78 is 33.0. The van der Waals surface area contributed by atoms with E-state index in [0.29, 0.717) is 24.9 Å². The Morgan fingerprint density at radius 3 is 2.59 bits per heavy atom. The van der Waals surface area contributed by atoms with Crippen molar-refractivity contribution < 1.29 is 18.1 Å². The van der Waals surface area contributed by atoms with E-state index in [1.807, 2.05) is 4.90 Å². The van der Waals surface area contributed by atoms with E-state index >= 15 is 0 Å². The van der Waals surface area contributed by atoms with Crippen LogP contribution in [-0.4, -0.2) is 54.7 Å². The first-order valence-corrected chi connectivity index (χ1v) is 10.5. The average molecular weight is 406 g/mol. The molecule has 2 aliphatic rings. The number of carbonyl (C=O) groups is 1. The molecule has 2 heterocycles. The average Bonchev–Trinajstić information content (AvgIpc) is 3.15. The fourth-order valence-electron chi connectivity index (χ4n) is 4.60. The maximum Gasteiger partial charge on any atom is 0.217 e. The van der Waals surface area contributed by atoms with Gasteiger partial charge in [-0.1, -0.05) is 5.16 Å². The van der Waals surface area contributed by atoms with Crippen LogP contribution >= 0.6 is 0 Å². The van der Waals surface area contributed by atoms with Crippen molar-refractivity contribution in [2.24, 2.45) is 5.92 Å². The Bertz CT molecular complexity index is 856. The van der Waals surface area contributed by atoms with Crippen molar-refractivity contribution in [2.75, 3.05) is 37.6 Å². The number of anilines is 1. The number of carbonyl (C=O) groups excluding carboxylic acids is 1. The Morgan fingerprint density at radius 1 is 1.17 bits per heavy atom. The third kappa shape index (κ3) is 4.52. The molecule has 0 atom stereocenters. The van der Waals surface area contributed by atoms with Gasteiger partial charge >= 0.3 is 0 Å². The summed E-state index contributed by atoms with van der Waals surface area (Å²) in [5.41, 5.74) is 0.274. The summed E-state index contributed by atoms with van der Waals surface area (Å²) in [5, 5.41) is 7.15. The van der Waals surface area contributed by atoms with Crippen LogP contribution in [-0.2, 0) is 4.79 Å². The number of nitrogens with one attached hydrogen (secondary N) is 1. The van der Waals surface area contributed by atoms with Crippen molar-refractivity contribution in [1.29, 1.82) is 0 Å². The highest BCUT2D eigenvalue weighted by Gasteiger charge is 2.26. The fraction of sp³-hybridized carbons (Fsp3) is 0.619. The van der Waals surface area contributed by atoms with E-state index in [9.17, 15) is 13.6 Å². The normalized spacial score (nSPS) is 23.5. The zero-order chi connectivity index (χ0) is 20.4. The maximum absolute atomic E-state index is 14.2. The smallest absolute Gasteiger partial charge is 0.217 e. The fourth-order valence-corrected chi connectivity index (χ4v) is 4.60. The van der Waals surface area contributed by atoms with Crippen LogP contribution in [0.3, 0.4) is 0 Å². The number of fused-ring (bicyclic) bond motifs is 1. The van der Waals surface area contributed by atoms with Gasteiger partial charge in [0.2, 0.25) is 5.91 Å². The van der Waals surface area contributed by atoms with Crippen molar-refractivity contribution in [3.8, 4) is 0 Å². The van der Waals surface area contributed by atoms with Gasteiger partial charge < -0.3 is 14.7 Å². The van der Waals surface area contributed by atoms with Gasteiger partial charge in [-0.3, -0.25) is 9.69 Å². The number of hydrogen-bond donors (Lipinski definition) is 1. The predicted molar refractivity (Wildman–Crippen MR) is 107 cm³/mol. The summed E-state index contributed by atoms with van der Waals surface area (Å²) in [4.78, 5) is 15.6. The lowest BCUT2D eigenvalue weighted by Crippen LogP contribution is -2.47. The summed E-state index contributed by atoms with van der Waals surface area (Å²) in [6, 6.07) is 2.82. The summed E-state index contributed by atoms with van der Waals surface area (Å²) in [6.07, 6.45) is 5.64. The van der Waals surface area contributed by atoms with Crippen molar-refractivity contribution in [3.63, 3.8) is 0 Å². The highest BCUT2D eigenvalue weighted by atomic mass is 19.2. The van der Waals surface area contributed by atoms with Crippen LogP contribution in [0, 0.1) is 17.6 Å². The van der Waals surface area contributed by atoms with Gasteiger partial charge in [-0.05, 0) is 56.7 Å². The Morgan fingerprint density at radius 2 is 1.90 bits per heavy atom. The lowest BCUT2D eigenvalue weighted by molar-refractivity contribution is -0.119. The minimum absolute atomic E-state index is 0.0637. The number of rotatable bonds is 5. The molecular formula is C21H28F2N4O2. The van der Waals surface area contributed by atoms with E-state index in [1.165, 1.54) is 25.3 Å². The lowest BCUT2D eigenvalue weighted by atomic mass is 9.84. The Kier molecular flexibility index (Phi) is 5.99. The first-order chi connectivity index (χ1) is 14.0. The van der Waals surface area contributed by atoms with E-state index < -0.39 is 11.6 Å². The molecule has 1 N–H and O–H groups in total. The van der Waals surface area contributed by atoms with Gasteiger partial charge in [0.05, 0.1) is 0 Å². The predicted octanol–water partition coefficient (Wildman–Crippen LogP) is 3.31. The van der Waals surface area contributed by atoms with Crippen LogP contribution in [0.4, 0.5) is 14.6 Å². The molecule has 0 unspecified atom stereocenters. The highest BCUT2D eigenvalue weighted by Crippen LogP contribution is 2.31. The Labute approximate surface area is 169 Å². The molecule has 6 nitrogen and oxygen atoms in total. The van der Waals surface area contributed by atoms with Crippen LogP contribution < -0.4 is 10.2 Å². The Hall–Kier alpha value is -2.22. The van der Waals surface area contributed by atoms with E-state index in [-0.39, 0.29) is 16.9 Å². The van der Waals surface area contributed by atoms with Gasteiger partial charge in [-0.25, -0.2) is 8.78 Å². The molecular weight excluding hydrogens is 378 g/mol. The third-order valence-corrected chi connectivity index (χ3v) is 6.29. The van der Waals surface area contributed by atoms with Crippen molar-refractivity contribution >= 4 is 22.7 Å². The minimum atomic E-state index is -0.893. The highest BCUT2D eigenvalue weighted by molar-refractivity contribution is 5.89. The zero-order valence-electron chi connectivity index (χ0n) is 16.8. The van der Waals surface area contributed by atoms with Crippen molar-refractivity contribution in [2.45, 2.75) is 45.1 Å². The molecule has 0 bridgehead atoms. The molecule has 0 radical (unpaired) electrons. The number of nitrogens with zero attached hydrogens (tertiary/aromatic N) is 3. The zero-order valence-corrected chi connectivity index (χ0v) is 16.8. The monoisotopic (exact) mass is 406 g/mol. The number of benzene rings is 1. The number of amides is 1. The number of halogens is 2. The molecule has 1 saturated heterocycles. The molecule has 8 heteroatoms. The molecule has 4 rings (SSSR count). The van der Waals surface area contributed by atoms with Crippen LogP contribution in [0.15, 0.2) is 16.7 Å². The summed E-state index contributed by atoms with van der Waals surface area (Å²) in [5.74, 6) is -0.596. The van der Waals surface area contributed by atoms with E-state index in [2.05, 4.69) is 15.4 Å². The Balaban J connectivity index is 1.26. The second-order valence-corrected chi connectivity index (χ2v) is 8.28. The molecule has 158 valence electrons. The van der Waals surface area contributed by atoms with Crippen LogP contribution in [0.25, 0.3) is 11.0 Å². The first-order valence-electron chi connectivity index (χ1n) is 10.5. The first kappa shape index (κ1) is 20.1. The maximum atomic E-state index is 14.2. The van der Waals surface area contributed by atoms with Crippen LogP contribution in [0.2, 0.25) is 0 Å². The number of aromatic nitrogens is 1. The third-order valence-electron chi connectivity index (χ3n) is 6.29. The second-order valence-electron chi connectivity index (χ2n) is 8.28. The van der Waals surface area contributed by atoms with Crippen molar-refractivity contribution in [1.82, 2.24) is 15.4 Å². The molecule has 2 aromatic rings. The summed E-state index contributed by atoms with van der Waals surface area (Å²) in [7, 11) is 0. The lowest BCUT2D eigenvalue weighted by Gasteiger charge is -2.36. The standard InChI is InChI=1S/C21H28F2N4O2/c1-14(28)24-16-4-2-15(3-5-16)8-9-26-10-12-27(13-11-26)21-19-18(29-25-21)7-6-17(22)20(19)23/h6-7,15-16H,2-5,8-13H2,1H3,(H,24,28)/t15-,16-. The molecule has 2 fully saturated rings. The summed E-state index contributed by atoms with van der Waals surface area (Å²) >= 11 is 0. The largest absolute Gasteiger partial charge is 0.354 e. The number of piperazine rings is 1. The van der Waals surface area contributed by atoms with Crippen LogP contribution in [0.5, 0.6) is 0 Å². The quantitative estimate of drug-likeness (QED) is 0.826. The van der Waals surface area contributed by atoms with E-state index in [0.717, 1.165) is 44.5 Å². The van der Waals surface area contributed by atoms with Crippen LogP contribution in [0.1, 0.15) is 39.0 Å². The molecule has 29 heavy (non-hydrogen) atoms. The van der Waals surface area contributed by atoms with Gasteiger partial charge in [-0.2, -0.15) is 0 Å². The molecule has 1 aliphatic heterocycles. The topological polar surface area (TPSA) is 61.6 Å². The van der Waals surface area contributed by atoms with Gasteiger partial charge in [-0.15, -0.1) is 0 Å². The second kappa shape index (κ2) is 8.65. The molecule has 1 aromatic carbocycles. The van der Waals surface area contributed by atoms with Crippen molar-refractivity contribution in [3.05, 3.63) is 23.8 Å². The number of hydrogen-bond acceptors (Lipinski definition) is 5. The van der Waals surface area contributed by atoms with Gasteiger partial charge in [0.1, 0.15) is 5.39 Å². The molecule has 1 saturated carbocycles. The van der Waals surface area contributed by atoms with E-state index in [1.54, 1.807) is 6.92 Å². The van der Waals surface area contributed by atoms with Gasteiger partial charge in [0.25, 0.3) is 0 Å². The SMILES string of the molecule is CC(=O)N[C@H]1CC[C@H](CCN2CCN(c3noc4ccc(F)c(F)c34)CC2)CC1. The molecule has 1 amide bonds. The molecule has 1 aliphatic carbocycles. The van der Waals surface area contributed by atoms with Gasteiger partial charge in [0, 0.05) is 39.1 Å².